The molecule has 0 spiro atoms. The Morgan fingerprint density at radius 1 is 1.54 bits per heavy atom. The average molecular weight is 197 g/mol. The Bertz CT molecular complexity index is 268. The number of hydrogen-bond acceptors (Lipinski definition) is 3. The van der Waals surface area contributed by atoms with E-state index >= 15 is 0 Å². The summed E-state index contributed by atoms with van der Waals surface area (Å²) in [6, 6.07) is 2.31. The summed E-state index contributed by atoms with van der Waals surface area (Å²) in [6.45, 7) is 6.34. The van der Waals surface area contributed by atoms with Crippen molar-refractivity contribution in [1.29, 1.82) is 5.26 Å². The fourth-order valence-corrected chi connectivity index (χ4v) is 3.43. The summed E-state index contributed by atoms with van der Waals surface area (Å²) in [7, 11) is -1.63. The highest BCUT2D eigenvalue weighted by molar-refractivity contribution is 6.69. The predicted molar refractivity (Wildman–Crippen MR) is 50.7 cm³/mol. The largest absolute Gasteiger partial charge is 0.398 e. The monoisotopic (exact) mass is 197 g/mol. The first kappa shape index (κ1) is 9.19. The molecule has 0 bridgehead atoms. The van der Waals surface area contributed by atoms with Gasteiger partial charge in [-0.25, -0.2) is 0 Å². The normalized spacial score (nSPS) is 42.6. The van der Waals surface area contributed by atoms with Gasteiger partial charge in [0, 0.05) is 0 Å². The molecule has 0 aromatic heterocycles. The zero-order valence-corrected chi connectivity index (χ0v) is 9.33. The summed E-state index contributed by atoms with van der Waals surface area (Å²) < 4.78 is 11.3. The highest BCUT2D eigenvalue weighted by Crippen LogP contribution is 2.48. The van der Waals surface area contributed by atoms with Crippen LogP contribution in [0.4, 0.5) is 0 Å². The molecule has 4 heteroatoms. The highest BCUT2D eigenvalue weighted by Gasteiger charge is 2.62. The summed E-state index contributed by atoms with van der Waals surface area (Å²) in [6.07, 6.45) is 2.23. The van der Waals surface area contributed by atoms with E-state index in [1.54, 1.807) is 0 Å². The Labute approximate surface area is 79.8 Å². The number of hydrogen-bond donors (Lipinski definition) is 0. The molecule has 0 unspecified atom stereocenters. The van der Waals surface area contributed by atoms with E-state index in [1.165, 1.54) is 0 Å². The lowest BCUT2D eigenvalue weighted by molar-refractivity contribution is 0.0717. The second-order valence-corrected chi connectivity index (χ2v) is 9.28. The van der Waals surface area contributed by atoms with Gasteiger partial charge in [0.25, 0.3) is 0 Å². The zero-order valence-electron chi connectivity index (χ0n) is 8.33. The van der Waals surface area contributed by atoms with Crippen molar-refractivity contribution < 1.29 is 9.16 Å². The van der Waals surface area contributed by atoms with Crippen LogP contribution in [0.25, 0.3) is 0 Å². The van der Waals surface area contributed by atoms with E-state index in [1.807, 2.05) is 0 Å². The van der Waals surface area contributed by atoms with Crippen LogP contribution in [0, 0.1) is 11.3 Å². The Kier molecular flexibility index (Phi) is 1.81. The first-order valence-corrected chi connectivity index (χ1v) is 8.15. The van der Waals surface area contributed by atoms with Crippen LogP contribution in [0.1, 0.15) is 12.8 Å². The maximum Gasteiger partial charge on any atom is 0.186 e. The molecule has 0 amide bonds. The molecule has 2 fully saturated rings. The summed E-state index contributed by atoms with van der Waals surface area (Å²) in [5, 5.41) is 9.14. The zero-order chi connectivity index (χ0) is 9.69. The van der Waals surface area contributed by atoms with E-state index in [0.29, 0.717) is 6.10 Å². The van der Waals surface area contributed by atoms with Gasteiger partial charge < -0.3 is 9.16 Å². The summed E-state index contributed by atoms with van der Waals surface area (Å²) in [5.74, 6) is 0. The molecule has 2 aliphatic rings. The van der Waals surface area contributed by atoms with Crippen molar-refractivity contribution in [1.82, 2.24) is 0 Å². The van der Waals surface area contributed by atoms with E-state index in [9.17, 15) is 0 Å². The Morgan fingerprint density at radius 3 is 2.54 bits per heavy atom. The SMILES string of the molecule is C[Si](C)(C)O[C@]1(C#N)CC[C@H]2O[C@@H]21. The minimum absolute atomic E-state index is 0.0734. The van der Waals surface area contributed by atoms with E-state index < -0.39 is 13.9 Å². The number of epoxide rings is 1. The van der Waals surface area contributed by atoms with Crippen molar-refractivity contribution in [2.75, 3.05) is 0 Å². The summed E-state index contributed by atoms with van der Waals surface area (Å²) in [5.41, 5.74) is -0.602. The van der Waals surface area contributed by atoms with Gasteiger partial charge >= 0.3 is 0 Å². The van der Waals surface area contributed by atoms with E-state index in [-0.39, 0.29) is 6.10 Å². The van der Waals surface area contributed by atoms with Gasteiger partial charge in [0.1, 0.15) is 6.10 Å². The molecule has 3 nitrogen and oxygen atoms in total. The summed E-state index contributed by atoms with van der Waals surface area (Å²) >= 11 is 0. The minimum atomic E-state index is -1.63. The van der Waals surface area contributed by atoms with Crippen molar-refractivity contribution in [3.63, 3.8) is 0 Å². The highest BCUT2D eigenvalue weighted by atomic mass is 28.4. The fraction of sp³-hybridized carbons (Fsp3) is 0.889. The standard InChI is InChI=1S/C9H15NO2Si/c1-13(2,3)12-9(6-10)5-4-7-8(9)11-7/h7-8H,4-5H2,1-3H3/t7-,8+,9+/m1/s1. The minimum Gasteiger partial charge on any atom is -0.398 e. The van der Waals surface area contributed by atoms with E-state index in [2.05, 4.69) is 25.7 Å². The molecule has 0 N–H and O–H groups in total. The van der Waals surface area contributed by atoms with Crippen LogP contribution >= 0.6 is 0 Å². The lowest BCUT2D eigenvalue weighted by atomic mass is 10.0. The first-order chi connectivity index (χ1) is 5.97. The number of fused-ring (bicyclic) bond motifs is 1. The molecule has 0 aromatic carbocycles. The van der Waals surface area contributed by atoms with E-state index in [4.69, 9.17) is 14.4 Å². The number of nitriles is 1. The fourth-order valence-electron chi connectivity index (χ4n) is 2.07. The van der Waals surface area contributed by atoms with Gasteiger partial charge in [-0.05, 0) is 32.5 Å². The third kappa shape index (κ3) is 1.52. The van der Waals surface area contributed by atoms with Crippen molar-refractivity contribution in [3.05, 3.63) is 0 Å². The van der Waals surface area contributed by atoms with Crippen molar-refractivity contribution >= 4 is 8.32 Å². The van der Waals surface area contributed by atoms with Crippen LogP contribution in [0.3, 0.4) is 0 Å². The topological polar surface area (TPSA) is 45.5 Å². The molecule has 3 atom stereocenters. The lowest BCUT2D eigenvalue weighted by Crippen LogP contribution is -2.44. The van der Waals surface area contributed by atoms with Gasteiger partial charge in [-0.1, -0.05) is 0 Å². The molecule has 0 aromatic rings. The lowest BCUT2D eigenvalue weighted by Gasteiger charge is -2.30. The van der Waals surface area contributed by atoms with Gasteiger partial charge in [0.15, 0.2) is 13.9 Å². The molecule has 1 saturated heterocycles. The van der Waals surface area contributed by atoms with Gasteiger partial charge in [-0.2, -0.15) is 5.26 Å². The molecule has 72 valence electrons. The van der Waals surface area contributed by atoms with E-state index in [0.717, 1.165) is 12.8 Å². The molecule has 1 heterocycles. The number of ether oxygens (including phenoxy) is 1. The van der Waals surface area contributed by atoms with Crippen LogP contribution in [-0.2, 0) is 9.16 Å². The van der Waals surface area contributed by atoms with Gasteiger partial charge in [-0.3, -0.25) is 0 Å². The number of nitrogens with zero attached hydrogens (tertiary/aromatic N) is 1. The Hall–Kier alpha value is -0.373. The van der Waals surface area contributed by atoms with Crippen LogP contribution in [0.2, 0.25) is 19.6 Å². The number of rotatable bonds is 2. The van der Waals surface area contributed by atoms with Gasteiger partial charge in [-0.15, -0.1) is 0 Å². The average Bonchev–Trinajstić information content (AvgIpc) is 2.70. The molecule has 13 heavy (non-hydrogen) atoms. The van der Waals surface area contributed by atoms with Crippen LogP contribution in [0.15, 0.2) is 0 Å². The smallest absolute Gasteiger partial charge is 0.186 e. The predicted octanol–water partition coefficient (Wildman–Crippen LogP) is 1.66. The third-order valence-electron chi connectivity index (χ3n) is 2.52. The molecule has 2 rings (SSSR count). The van der Waals surface area contributed by atoms with Crippen LogP contribution in [0.5, 0.6) is 0 Å². The molecule has 0 radical (unpaired) electrons. The van der Waals surface area contributed by atoms with Crippen molar-refractivity contribution in [2.24, 2.45) is 0 Å². The molecule has 1 saturated carbocycles. The van der Waals surface area contributed by atoms with Crippen LogP contribution < -0.4 is 0 Å². The molecule has 1 aliphatic carbocycles. The quantitative estimate of drug-likeness (QED) is 0.499. The first-order valence-electron chi connectivity index (χ1n) is 4.74. The maximum atomic E-state index is 9.14. The summed E-state index contributed by atoms with van der Waals surface area (Å²) in [4.78, 5) is 0. The maximum absolute atomic E-state index is 9.14. The molecular formula is C9H15NO2Si. The molecular weight excluding hydrogens is 182 g/mol. The van der Waals surface area contributed by atoms with Gasteiger partial charge in [0.2, 0.25) is 0 Å². The van der Waals surface area contributed by atoms with Crippen molar-refractivity contribution in [2.45, 2.75) is 50.3 Å². The Balaban J connectivity index is 2.13. The second kappa shape index (κ2) is 2.56. The van der Waals surface area contributed by atoms with Gasteiger partial charge in [0.05, 0.1) is 12.2 Å². The second-order valence-electron chi connectivity index (χ2n) is 4.85. The van der Waals surface area contributed by atoms with Crippen LogP contribution in [-0.4, -0.2) is 26.1 Å². The molecule has 1 aliphatic heterocycles. The Morgan fingerprint density at radius 2 is 2.23 bits per heavy atom. The van der Waals surface area contributed by atoms with Crippen molar-refractivity contribution in [3.8, 4) is 6.07 Å². The third-order valence-corrected chi connectivity index (χ3v) is 3.50.